The van der Waals surface area contributed by atoms with Crippen LogP contribution in [-0.4, -0.2) is 12.5 Å². The first kappa shape index (κ1) is 12.3. The van der Waals surface area contributed by atoms with E-state index in [1.165, 1.54) is 0 Å². The Balaban J connectivity index is 2.79. The predicted molar refractivity (Wildman–Crippen MR) is 60.0 cm³/mol. The quantitative estimate of drug-likeness (QED) is 0.868. The van der Waals surface area contributed by atoms with Crippen molar-refractivity contribution in [1.82, 2.24) is 0 Å². The minimum atomic E-state index is -0.444. The van der Waals surface area contributed by atoms with E-state index in [0.29, 0.717) is 10.8 Å². The number of carbonyl (C=O) groups is 1. The van der Waals surface area contributed by atoms with E-state index in [4.69, 9.17) is 27.3 Å². The number of nitrogens with two attached hydrogens (primary N) is 1. The third-order valence-electron chi connectivity index (χ3n) is 2.06. The van der Waals surface area contributed by atoms with Gasteiger partial charge in [0.15, 0.2) is 0 Å². The number of ether oxygens (including phenoxy) is 1. The van der Waals surface area contributed by atoms with Crippen LogP contribution >= 0.6 is 11.6 Å². The Bertz CT molecular complexity index is 440. The molecule has 84 valence electrons. The van der Waals surface area contributed by atoms with Crippen molar-refractivity contribution in [2.45, 2.75) is 6.92 Å². The molecule has 0 fully saturated rings. The number of carbonyl (C=O) groups excluding carboxylic acids is 1. The van der Waals surface area contributed by atoms with Gasteiger partial charge in [-0.3, -0.25) is 4.79 Å². The maximum atomic E-state index is 10.8. The van der Waals surface area contributed by atoms with Crippen molar-refractivity contribution >= 4 is 17.5 Å². The number of halogens is 1. The summed E-state index contributed by atoms with van der Waals surface area (Å²) in [4.78, 5) is 10.8. The highest BCUT2D eigenvalue weighted by atomic mass is 35.5. The second-order valence-corrected chi connectivity index (χ2v) is 3.75. The lowest BCUT2D eigenvalue weighted by atomic mass is 10.2. The van der Waals surface area contributed by atoms with Crippen LogP contribution < -0.4 is 10.5 Å². The first-order valence-electron chi connectivity index (χ1n) is 4.67. The molecule has 0 spiro atoms. The summed E-state index contributed by atoms with van der Waals surface area (Å²) in [6, 6.07) is 6.84. The average Bonchev–Trinajstić information content (AvgIpc) is 2.25. The fraction of sp³-hybridized carbons (Fsp3) is 0.273. The molecule has 0 heterocycles. The Labute approximate surface area is 98.6 Å². The lowest BCUT2D eigenvalue weighted by Gasteiger charge is -2.11. The molecule has 5 heteroatoms. The zero-order chi connectivity index (χ0) is 12.1. The molecule has 0 aliphatic carbocycles. The Morgan fingerprint density at radius 2 is 2.38 bits per heavy atom. The van der Waals surface area contributed by atoms with E-state index in [1.807, 2.05) is 6.07 Å². The van der Waals surface area contributed by atoms with Gasteiger partial charge in [-0.25, -0.2) is 0 Å². The van der Waals surface area contributed by atoms with E-state index in [1.54, 1.807) is 25.1 Å². The maximum Gasteiger partial charge on any atom is 0.223 e. The van der Waals surface area contributed by atoms with E-state index in [-0.39, 0.29) is 12.2 Å². The van der Waals surface area contributed by atoms with Gasteiger partial charge in [-0.1, -0.05) is 24.6 Å². The SMILES string of the molecule is CC(COc1cccc(Cl)c1C#N)C(N)=O. The molecule has 2 N–H and O–H groups in total. The summed E-state index contributed by atoms with van der Waals surface area (Å²) >= 11 is 5.81. The first-order chi connectivity index (χ1) is 7.56. The molecule has 1 unspecified atom stereocenters. The molecule has 0 aliphatic rings. The smallest absolute Gasteiger partial charge is 0.223 e. The number of nitriles is 1. The summed E-state index contributed by atoms with van der Waals surface area (Å²) in [6.45, 7) is 1.78. The topological polar surface area (TPSA) is 76.1 Å². The van der Waals surface area contributed by atoms with Gasteiger partial charge in [0.1, 0.15) is 17.4 Å². The highest BCUT2D eigenvalue weighted by Gasteiger charge is 2.12. The summed E-state index contributed by atoms with van der Waals surface area (Å²) < 4.78 is 5.32. The van der Waals surface area contributed by atoms with Crippen molar-refractivity contribution in [2.24, 2.45) is 11.7 Å². The van der Waals surface area contributed by atoms with Crippen LogP contribution in [0, 0.1) is 17.2 Å². The Morgan fingerprint density at radius 3 is 2.94 bits per heavy atom. The predicted octanol–water partition coefficient (Wildman–Crippen LogP) is 1.71. The van der Waals surface area contributed by atoms with Crippen LogP contribution in [0.15, 0.2) is 18.2 Å². The minimum Gasteiger partial charge on any atom is -0.491 e. The largest absolute Gasteiger partial charge is 0.491 e. The van der Waals surface area contributed by atoms with Gasteiger partial charge >= 0.3 is 0 Å². The summed E-state index contributed by atoms with van der Waals surface area (Å²) in [5, 5.41) is 9.19. The number of amides is 1. The highest BCUT2D eigenvalue weighted by Crippen LogP contribution is 2.25. The van der Waals surface area contributed by atoms with E-state index in [2.05, 4.69) is 0 Å². The van der Waals surface area contributed by atoms with Crippen LogP contribution in [0.25, 0.3) is 0 Å². The molecule has 1 amide bonds. The molecule has 1 atom stereocenters. The molecule has 4 nitrogen and oxygen atoms in total. The van der Waals surface area contributed by atoms with Gasteiger partial charge in [-0.15, -0.1) is 0 Å². The molecule has 0 saturated carbocycles. The third-order valence-corrected chi connectivity index (χ3v) is 2.38. The number of hydrogen-bond acceptors (Lipinski definition) is 3. The van der Waals surface area contributed by atoms with E-state index in [9.17, 15) is 4.79 Å². The van der Waals surface area contributed by atoms with Gasteiger partial charge in [0.2, 0.25) is 5.91 Å². The summed E-state index contributed by atoms with van der Waals surface area (Å²) in [6.07, 6.45) is 0. The van der Waals surface area contributed by atoms with E-state index < -0.39 is 11.8 Å². The van der Waals surface area contributed by atoms with Crippen LogP contribution in [0.2, 0.25) is 5.02 Å². The standard InChI is InChI=1S/C11H11ClN2O2/c1-7(11(14)15)6-16-10-4-2-3-9(12)8(10)5-13/h2-4,7H,6H2,1H3,(H2,14,15). The first-order valence-corrected chi connectivity index (χ1v) is 5.04. The van der Waals surface area contributed by atoms with E-state index >= 15 is 0 Å². The van der Waals surface area contributed by atoms with Gasteiger partial charge in [-0.05, 0) is 12.1 Å². The van der Waals surface area contributed by atoms with Crippen molar-refractivity contribution in [3.05, 3.63) is 28.8 Å². The van der Waals surface area contributed by atoms with Crippen LogP contribution in [0.3, 0.4) is 0 Å². The van der Waals surface area contributed by atoms with Crippen molar-refractivity contribution in [3.63, 3.8) is 0 Å². The number of hydrogen-bond donors (Lipinski definition) is 1. The summed E-state index contributed by atoms with van der Waals surface area (Å²) in [5.41, 5.74) is 5.36. The molecule has 1 rings (SSSR count). The van der Waals surface area contributed by atoms with E-state index in [0.717, 1.165) is 0 Å². The van der Waals surface area contributed by atoms with Gasteiger partial charge in [0.05, 0.1) is 17.5 Å². The molecule has 0 aromatic heterocycles. The van der Waals surface area contributed by atoms with Gasteiger partial charge < -0.3 is 10.5 Å². The Kier molecular flexibility index (Phi) is 4.15. The number of primary amides is 1. The lowest BCUT2D eigenvalue weighted by Crippen LogP contribution is -2.25. The molecular formula is C11H11ClN2O2. The molecule has 0 saturated heterocycles. The molecule has 0 bridgehead atoms. The second kappa shape index (κ2) is 5.38. The molecule has 1 aromatic carbocycles. The molecule has 1 aromatic rings. The van der Waals surface area contributed by atoms with Gasteiger partial charge in [0, 0.05) is 0 Å². The molecule has 0 radical (unpaired) electrons. The zero-order valence-electron chi connectivity index (χ0n) is 8.74. The average molecular weight is 239 g/mol. The van der Waals surface area contributed by atoms with Crippen molar-refractivity contribution in [3.8, 4) is 11.8 Å². The van der Waals surface area contributed by atoms with Crippen LogP contribution in [0.5, 0.6) is 5.75 Å². The molecule has 0 aliphatic heterocycles. The molecule has 16 heavy (non-hydrogen) atoms. The van der Waals surface area contributed by atoms with Crippen LogP contribution in [0.1, 0.15) is 12.5 Å². The highest BCUT2D eigenvalue weighted by molar-refractivity contribution is 6.31. The second-order valence-electron chi connectivity index (χ2n) is 3.34. The fourth-order valence-electron chi connectivity index (χ4n) is 1.03. The summed E-state index contributed by atoms with van der Waals surface area (Å²) in [7, 11) is 0. The normalized spacial score (nSPS) is 11.6. The van der Waals surface area contributed by atoms with Crippen LogP contribution in [0.4, 0.5) is 0 Å². The monoisotopic (exact) mass is 238 g/mol. The number of benzene rings is 1. The third kappa shape index (κ3) is 2.88. The lowest BCUT2D eigenvalue weighted by molar-refractivity contribution is -0.122. The van der Waals surface area contributed by atoms with Crippen molar-refractivity contribution < 1.29 is 9.53 Å². The van der Waals surface area contributed by atoms with Crippen molar-refractivity contribution in [2.75, 3.05) is 6.61 Å². The number of rotatable bonds is 4. The maximum absolute atomic E-state index is 10.8. The Hall–Kier alpha value is -1.73. The van der Waals surface area contributed by atoms with Gasteiger partial charge in [0.25, 0.3) is 0 Å². The summed E-state index contributed by atoms with van der Waals surface area (Å²) in [5.74, 6) is -0.492. The number of nitrogens with zero attached hydrogens (tertiary/aromatic N) is 1. The van der Waals surface area contributed by atoms with Crippen LogP contribution in [-0.2, 0) is 4.79 Å². The zero-order valence-corrected chi connectivity index (χ0v) is 9.49. The van der Waals surface area contributed by atoms with Gasteiger partial charge in [-0.2, -0.15) is 5.26 Å². The molecular weight excluding hydrogens is 228 g/mol. The fourth-order valence-corrected chi connectivity index (χ4v) is 1.24. The van der Waals surface area contributed by atoms with Crippen molar-refractivity contribution in [1.29, 1.82) is 5.26 Å². The minimum absolute atomic E-state index is 0.129. The Morgan fingerprint density at radius 1 is 1.69 bits per heavy atom.